The van der Waals surface area contributed by atoms with E-state index in [9.17, 15) is 4.79 Å². The van der Waals surface area contributed by atoms with Crippen molar-refractivity contribution in [2.75, 3.05) is 6.61 Å². The topological polar surface area (TPSA) is 54.0 Å². The minimum absolute atomic E-state index is 0.00979. The minimum Gasteiger partial charge on any atom is -0.459 e. The molecule has 3 aliphatic heterocycles. The Morgan fingerprint density at radius 3 is 2.67 bits per heavy atom. The van der Waals surface area contributed by atoms with E-state index in [4.69, 9.17) is 18.9 Å². The number of hydrogen-bond acceptors (Lipinski definition) is 5. The van der Waals surface area contributed by atoms with Gasteiger partial charge in [0.05, 0.1) is 18.8 Å². The Hall–Kier alpha value is -1.43. The first kappa shape index (κ1) is 13.2. The molecule has 0 bridgehead atoms. The number of carbonyl (C=O) groups is 1. The number of hydrogen-bond donors (Lipinski definition) is 0. The molecule has 1 aromatic rings. The molecule has 21 heavy (non-hydrogen) atoms. The predicted octanol–water partition coefficient (Wildman–Crippen LogP) is 1.96. The van der Waals surface area contributed by atoms with Gasteiger partial charge in [-0.25, -0.2) is 0 Å². The van der Waals surface area contributed by atoms with E-state index in [-0.39, 0.29) is 36.7 Å². The molecule has 0 N–H and O–H groups in total. The van der Waals surface area contributed by atoms with E-state index in [1.54, 1.807) is 0 Å². The van der Waals surface area contributed by atoms with Gasteiger partial charge >= 0.3 is 5.97 Å². The van der Waals surface area contributed by atoms with E-state index in [1.165, 1.54) is 0 Å². The van der Waals surface area contributed by atoms with Crippen LogP contribution >= 0.6 is 0 Å². The standard InChI is InChI=1S/C16H18O5/c17-15-7-6-11-12(20-15)8-13-14(19-11)9-18-16(21-13)10-4-2-1-3-5-10/h1-5,11-14,16H,6-9H2/t11-,12+,13-,14+,16+/m0/s1. The third-order valence-corrected chi connectivity index (χ3v) is 4.34. The van der Waals surface area contributed by atoms with Crippen LogP contribution in [0.5, 0.6) is 0 Å². The van der Waals surface area contributed by atoms with Crippen LogP contribution in [0.4, 0.5) is 0 Å². The molecule has 1 aromatic carbocycles. The average molecular weight is 290 g/mol. The molecule has 0 spiro atoms. The van der Waals surface area contributed by atoms with Crippen LogP contribution in [0.25, 0.3) is 0 Å². The normalized spacial score (nSPS) is 39.0. The maximum absolute atomic E-state index is 11.4. The molecule has 3 heterocycles. The SMILES string of the molecule is O=C1CC[C@@H]2O[C@@H]3CO[C@@H](c4ccccc4)O[C@H]3C[C@H]2O1. The lowest BCUT2D eigenvalue weighted by Crippen LogP contribution is -2.55. The smallest absolute Gasteiger partial charge is 0.306 e. The third kappa shape index (κ3) is 2.57. The summed E-state index contributed by atoms with van der Waals surface area (Å²) in [6, 6.07) is 9.86. The number of rotatable bonds is 1. The van der Waals surface area contributed by atoms with Crippen LogP contribution in [0.2, 0.25) is 0 Å². The van der Waals surface area contributed by atoms with Crippen LogP contribution in [0.1, 0.15) is 31.1 Å². The van der Waals surface area contributed by atoms with Crippen LogP contribution in [0.15, 0.2) is 30.3 Å². The molecule has 0 aliphatic carbocycles. The molecular formula is C16H18O5. The maximum Gasteiger partial charge on any atom is 0.306 e. The summed E-state index contributed by atoms with van der Waals surface area (Å²) in [5, 5.41) is 0. The van der Waals surface area contributed by atoms with Gasteiger partial charge in [0.1, 0.15) is 12.2 Å². The van der Waals surface area contributed by atoms with E-state index in [0.29, 0.717) is 19.4 Å². The molecular weight excluding hydrogens is 272 g/mol. The van der Waals surface area contributed by atoms with Gasteiger partial charge in [-0.15, -0.1) is 0 Å². The lowest BCUT2D eigenvalue weighted by molar-refractivity contribution is -0.306. The van der Waals surface area contributed by atoms with E-state index < -0.39 is 0 Å². The summed E-state index contributed by atoms with van der Waals surface area (Å²) in [4.78, 5) is 11.4. The number of ether oxygens (including phenoxy) is 4. The van der Waals surface area contributed by atoms with Crippen molar-refractivity contribution in [1.82, 2.24) is 0 Å². The fourth-order valence-corrected chi connectivity index (χ4v) is 3.25. The maximum atomic E-state index is 11.4. The van der Waals surface area contributed by atoms with Crippen LogP contribution in [-0.2, 0) is 23.7 Å². The Morgan fingerprint density at radius 2 is 1.81 bits per heavy atom. The van der Waals surface area contributed by atoms with E-state index in [2.05, 4.69) is 0 Å². The highest BCUT2D eigenvalue weighted by Gasteiger charge is 2.46. The highest BCUT2D eigenvalue weighted by molar-refractivity contribution is 5.70. The van der Waals surface area contributed by atoms with Crippen molar-refractivity contribution in [3.8, 4) is 0 Å². The minimum atomic E-state index is -0.369. The zero-order chi connectivity index (χ0) is 14.2. The Kier molecular flexibility index (Phi) is 3.41. The molecule has 0 unspecified atom stereocenters. The zero-order valence-corrected chi connectivity index (χ0v) is 11.6. The molecule has 0 aromatic heterocycles. The van der Waals surface area contributed by atoms with Gasteiger partial charge in [0.2, 0.25) is 0 Å². The summed E-state index contributed by atoms with van der Waals surface area (Å²) in [7, 11) is 0. The lowest BCUT2D eigenvalue weighted by atomic mass is 9.93. The van der Waals surface area contributed by atoms with Crippen molar-refractivity contribution < 1.29 is 23.7 Å². The van der Waals surface area contributed by atoms with Gasteiger partial charge in [0.15, 0.2) is 6.29 Å². The monoisotopic (exact) mass is 290 g/mol. The molecule has 3 aliphatic rings. The zero-order valence-electron chi connectivity index (χ0n) is 11.6. The Morgan fingerprint density at radius 1 is 0.952 bits per heavy atom. The van der Waals surface area contributed by atoms with Crippen molar-refractivity contribution >= 4 is 5.97 Å². The lowest BCUT2D eigenvalue weighted by Gasteiger charge is -2.46. The summed E-state index contributed by atoms with van der Waals surface area (Å²) in [5.41, 5.74) is 0.999. The molecule has 0 radical (unpaired) electrons. The van der Waals surface area contributed by atoms with Gasteiger partial charge in [-0.2, -0.15) is 0 Å². The van der Waals surface area contributed by atoms with Gasteiger partial charge in [0, 0.05) is 18.4 Å². The second-order valence-electron chi connectivity index (χ2n) is 5.77. The van der Waals surface area contributed by atoms with Crippen molar-refractivity contribution in [3.05, 3.63) is 35.9 Å². The van der Waals surface area contributed by atoms with Crippen LogP contribution in [-0.4, -0.2) is 37.0 Å². The first-order valence-corrected chi connectivity index (χ1v) is 7.46. The molecule has 5 atom stereocenters. The van der Waals surface area contributed by atoms with Crippen LogP contribution in [0.3, 0.4) is 0 Å². The molecule has 5 heteroatoms. The molecule has 112 valence electrons. The van der Waals surface area contributed by atoms with Crippen LogP contribution in [0, 0.1) is 0 Å². The second-order valence-corrected chi connectivity index (χ2v) is 5.77. The van der Waals surface area contributed by atoms with Gasteiger partial charge in [-0.1, -0.05) is 30.3 Å². The fraction of sp³-hybridized carbons (Fsp3) is 0.562. The van der Waals surface area contributed by atoms with Crippen molar-refractivity contribution in [2.45, 2.75) is 50.0 Å². The van der Waals surface area contributed by atoms with E-state index in [0.717, 1.165) is 12.0 Å². The highest BCUT2D eigenvalue weighted by Crippen LogP contribution is 2.37. The quantitative estimate of drug-likeness (QED) is 0.740. The summed E-state index contributed by atoms with van der Waals surface area (Å²) in [6.07, 6.45) is 1.15. The fourth-order valence-electron chi connectivity index (χ4n) is 3.25. The van der Waals surface area contributed by atoms with Gasteiger partial charge in [-0.3, -0.25) is 4.79 Å². The van der Waals surface area contributed by atoms with Gasteiger partial charge in [0.25, 0.3) is 0 Å². The van der Waals surface area contributed by atoms with E-state index in [1.807, 2.05) is 30.3 Å². The molecule has 5 nitrogen and oxygen atoms in total. The van der Waals surface area contributed by atoms with Gasteiger partial charge in [-0.05, 0) is 6.42 Å². The van der Waals surface area contributed by atoms with Crippen LogP contribution < -0.4 is 0 Å². The average Bonchev–Trinajstić information content (AvgIpc) is 2.53. The highest BCUT2D eigenvalue weighted by atomic mass is 16.7. The molecule has 0 amide bonds. The Balaban J connectivity index is 1.46. The number of benzene rings is 1. The first-order chi connectivity index (χ1) is 10.3. The third-order valence-electron chi connectivity index (χ3n) is 4.34. The summed E-state index contributed by atoms with van der Waals surface area (Å²) in [6.45, 7) is 0.515. The summed E-state index contributed by atoms with van der Waals surface area (Å²) < 4.78 is 23.2. The number of fused-ring (bicyclic) bond motifs is 2. The number of carbonyl (C=O) groups excluding carboxylic acids is 1. The van der Waals surface area contributed by atoms with Crippen molar-refractivity contribution in [1.29, 1.82) is 0 Å². The Bertz CT molecular complexity index is 517. The van der Waals surface area contributed by atoms with Crippen molar-refractivity contribution in [3.63, 3.8) is 0 Å². The second kappa shape index (κ2) is 5.40. The van der Waals surface area contributed by atoms with Crippen molar-refractivity contribution in [2.24, 2.45) is 0 Å². The summed E-state index contributed by atoms with van der Waals surface area (Å²) >= 11 is 0. The van der Waals surface area contributed by atoms with E-state index >= 15 is 0 Å². The summed E-state index contributed by atoms with van der Waals surface area (Å²) in [5.74, 6) is -0.134. The molecule has 3 fully saturated rings. The molecule has 3 saturated heterocycles. The largest absolute Gasteiger partial charge is 0.459 e. The van der Waals surface area contributed by atoms with Gasteiger partial charge < -0.3 is 18.9 Å². The molecule has 0 saturated carbocycles. The number of esters is 1. The Labute approximate surface area is 123 Å². The first-order valence-electron chi connectivity index (χ1n) is 7.46. The molecule has 4 rings (SSSR count). The predicted molar refractivity (Wildman–Crippen MR) is 72.4 cm³/mol.